The SMILES string of the molecule is C=NS(=O)NC(CNc1cccc(C(=O)N(C)C)c1O)=NCc1ccc(C)o1. The average molecular weight is 405 g/mol. The number of rotatable bonds is 8. The summed E-state index contributed by atoms with van der Waals surface area (Å²) in [7, 11) is 3.20. The van der Waals surface area contributed by atoms with Crippen molar-refractivity contribution in [1.29, 1.82) is 0 Å². The second-order valence-electron chi connectivity index (χ2n) is 6.01. The number of carbonyl (C=O) groups is 1. The third-order valence-electron chi connectivity index (χ3n) is 3.66. The van der Waals surface area contributed by atoms with Crippen molar-refractivity contribution in [3.8, 4) is 5.75 Å². The minimum absolute atomic E-state index is 0.105. The molecule has 0 bridgehead atoms. The molecule has 0 saturated carbocycles. The van der Waals surface area contributed by atoms with Crippen LogP contribution in [0.25, 0.3) is 0 Å². The Kier molecular flexibility index (Phi) is 7.33. The van der Waals surface area contributed by atoms with E-state index in [0.717, 1.165) is 5.76 Å². The predicted octanol–water partition coefficient (Wildman–Crippen LogP) is 1.87. The molecule has 150 valence electrons. The van der Waals surface area contributed by atoms with E-state index in [1.807, 2.05) is 13.0 Å². The number of aromatic hydroxyl groups is 1. The Balaban J connectivity index is 2.16. The molecule has 0 fully saturated rings. The molecule has 1 amide bonds. The minimum atomic E-state index is -1.75. The number of para-hydroxylation sites is 1. The molecular formula is C18H23N5O4S. The Morgan fingerprint density at radius 2 is 2.07 bits per heavy atom. The molecule has 1 heterocycles. The van der Waals surface area contributed by atoms with Gasteiger partial charge in [0.25, 0.3) is 5.91 Å². The molecule has 0 aliphatic carbocycles. The number of anilines is 1. The van der Waals surface area contributed by atoms with Gasteiger partial charge in [-0.15, -0.1) is 0 Å². The number of amides is 1. The zero-order chi connectivity index (χ0) is 20.7. The van der Waals surface area contributed by atoms with Gasteiger partial charge in [-0.3, -0.25) is 14.5 Å². The van der Waals surface area contributed by atoms with E-state index in [0.29, 0.717) is 17.3 Å². The van der Waals surface area contributed by atoms with Crippen molar-refractivity contribution in [3.05, 3.63) is 47.4 Å². The highest BCUT2D eigenvalue weighted by Gasteiger charge is 2.16. The number of phenols is 1. The molecule has 1 atom stereocenters. The Hall–Kier alpha value is -3.14. The number of benzene rings is 1. The number of aliphatic imine (C=N–C) groups is 1. The lowest BCUT2D eigenvalue weighted by molar-refractivity contribution is 0.0824. The number of carbonyl (C=O) groups excluding carboxylic acids is 1. The van der Waals surface area contributed by atoms with Gasteiger partial charge in [0.2, 0.25) is 11.2 Å². The molecule has 9 nitrogen and oxygen atoms in total. The van der Waals surface area contributed by atoms with Crippen LogP contribution in [0.2, 0.25) is 0 Å². The molecule has 0 aliphatic heterocycles. The average Bonchev–Trinajstić information content (AvgIpc) is 3.09. The molecule has 2 aromatic rings. The van der Waals surface area contributed by atoms with E-state index in [4.69, 9.17) is 4.42 Å². The molecular weight excluding hydrogens is 382 g/mol. The summed E-state index contributed by atoms with van der Waals surface area (Å²) >= 11 is -1.75. The van der Waals surface area contributed by atoms with Crippen LogP contribution in [0.15, 0.2) is 44.1 Å². The summed E-state index contributed by atoms with van der Waals surface area (Å²) in [6.45, 7) is 5.39. The van der Waals surface area contributed by atoms with E-state index < -0.39 is 11.2 Å². The summed E-state index contributed by atoms with van der Waals surface area (Å²) in [5, 5.41) is 13.4. The van der Waals surface area contributed by atoms with E-state index in [9.17, 15) is 14.1 Å². The molecule has 0 spiro atoms. The number of hydrogen-bond donors (Lipinski definition) is 3. The van der Waals surface area contributed by atoms with Crippen LogP contribution >= 0.6 is 0 Å². The molecule has 2 rings (SSSR count). The maximum absolute atomic E-state index is 12.1. The maximum atomic E-state index is 12.1. The van der Waals surface area contributed by atoms with E-state index in [-0.39, 0.29) is 30.3 Å². The van der Waals surface area contributed by atoms with Gasteiger partial charge >= 0.3 is 0 Å². The highest BCUT2D eigenvalue weighted by atomic mass is 32.2. The van der Waals surface area contributed by atoms with Crippen molar-refractivity contribution in [3.63, 3.8) is 0 Å². The first-order chi connectivity index (χ1) is 13.3. The van der Waals surface area contributed by atoms with Crippen LogP contribution in [0.4, 0.5) is 5.69 Å². The van der Waals surface area contributed by atoms with Gasteiger partial charge < -0.3 is 19.7 Å². The van der Waals surface area contributed by atoms with Gasteiger partial charge in [-0.1, -0.05) is 6.07 Å². The first-order valence-electron chi connectivity index (χ1n) is 8.33. The predicted molar refractivity (Wildman–Crippen MR) is 110 cm³/mol. The zero-order valence-electron chi connectivity index (χ0n) is 15.9. The summed E-state index contributed by atoms with van der Waals surface area (Å²) in [6, 6.07) is 8.43. The first kappa shape index (κ1) is 21.2. The smallest absolute Gasteiger partial charge is 0.257 e. The van der Waals surface area contributed by atoms with Gasteiger partial charge in [0.1, 0.15) is 17.4 Å². The first-order valence-corrected chi connectivity index (χ1v) is 9.44. The van der Waals surface area contributed by atoms with Crippen molar-refractivity contribution in [1.82, 2.24) is 9.62 Å². The quantitative estimate of drug-likeness (QED) is 0.352. The van der Waals surface area contributed by atoms with Gasteiger partial charge in [-0.05, 0) is 31.2 Å². The van der Waals surface area contributed by atoms with Crippen molar-refractivity contribution in [2.24, 2.45) is 9.39 Å². The summed E-state index contributed by atoms with van der Waals surface area (Å²) in [5.41, 5.74) is 0.511. The fraction of sp³-hybridized carbons (Fsp3) is 0.278. The number of nitrogens with one attached hydrogen (secondary N) is 2. The maximum Gasteiger partial charge on any atom is 0.257 e. The van der Waals surface area contributed by atoms with Gasteiger partial charge in [-0.25, -0.2) is 4.21 Å². The van der Waals surface area contributed by atoms with Crippen LogP contribution < -0.4 is 10.0 Å². The molecule has 1 aromatic carbocycles. The number of amidine groups is 1. The molecule has 0 aliphatic rings. The molecule has 28 heavy (non-hydrogen) atoms. The van der Waals surface area contributed by atoms with Crippen LogP contribution in [0.1, 0.15) is 21.9 Å². The third kappa shape index (κ3) is 5.68. The van der Waals surface area contributed by atoms with E-state index in [2.05, 4.69) is 26.1 Å². The van der Waals surface area contributed by atoms with Crippen molar-refractivity contribution in [2.45, 2.75) is 13.5 Å². The van der Waals surface area contributed by atoms with Crippen LogP contribution in [0.5, 0.6) is 5.75 Å². The minimum Gasteiger partial charge on any atom is -0.505 e. The van der Waals surface area contributed by atoms with E-state index >= 15 is 0 Å². The molecule has 0 radical (unpaired) electrons. The monoisotopic (exact) mass is 405 g/mol. The molecule has 1 aromatic heterocycles. The number of hydrogen-bond acceptors (Lipinski definition) is 6. The van der Waals surface area contributed by atoms with Crippen molar-refractivity contribution < 1.29 is 18.5 Å². The Morgan fingerprint density at radius 3 is 2.68 bits per heavy atom. The van der Waals surface area contributed by atoms with Crippen LogP contribution in [-0.2, 0) is 17.7 Å². The number of phenolic OH excluding ortho intramolecular Hbond substituents is 1. The fourth-order valence-electron chi connectivity index (χ4n) is 2.28. The third-order valence-corrected chi connectivity index (χ3v) is 4.31. The van der Waals surface area contributed by atoms with Gasteiger partial charge in [0.15, 0.2) is 5.75 Å². The number of nitrogens with zero attached hydrogens (tertiary/aromatic N) is 3. The highest BCUT2D eigenvalue weighted by Crippen LogP contribution is 2.28. The number of furan rings is 1. The van der Waals surface area contributed by atoms with Gasteiger partial charge in [0, 0.05) is 20.8 Å². The Morgan fingerprint density at radius 1 is 1.32 bits per heavy atom. The molecule has 0 saturated heterocycles. The van der Waals surface area contributed by atoms with Gasteiger partial charge in [-0.2, -0.15) is 4.40 Å². The lowest BCUT2D eigenvalue weighted by atomic mass is 10.1. The van der Waals surface area contributed by atoms with Crippen LogP contribution in [0.3, 0.4) is 0 Å². The van der Waals surface area contributed by atoms with Crippen molar-refractivity contribution in [2.75, 3.05) is 26.0 Å². The molecule has 1 unspecified atom stereocenters. The standard InChI is InChI=1S/C18H23N5O4S/c1-12-8-9-13(27-12)10-21-16(22-28(26)19-2)11-20-15-7-5-6-14(17(15)24)18(25)23(3)4/h5-9,20,24H,2,10-11H2,1,3-4H3,(H,21,22). The van der Waals surface area contributed by atoms with Gasteiger partial charge in [0.05, 0.1) is 24.3 Å². The summed E-state index contributed by atoms with van der Waals surface area (Å²) in [4.78, 5) is 17.8. The lowest BCUT2D eigenvalue weighted by Gasteiger charge is -2.15. The largest absolute Gasteiger partial charge is 0.505 e. The number of aryl methyl sites for hydroxylation is 1. The van der Waals surface area contributed by atoms with Crippen LogP contribution in [0, 0.1) is 6.92 Å². The van der Waals surface area contributed by atoms with E-state index in [1.165, 1.54) is 11.0 Å². The lowest BCUT2D eigenvalue weighted by Crippen LogP contribution is -2.31. The Labute approximate surface area is 165 Å². The summed E-state index contributed by atoms with van der Waals surface area (Å²) in [5.74, 6) is 1.24. The second-order valence-corrected chi connectivity index (χ2v) is 6.97. The van der Waals surface area contributed by atoms with Crippen molar-refractivity contribution >= 4 is 35.3 Å². The normalized spacial score (nSPS) is 12.3. The topological polar surface area (TPSA) is 120 Å². The molecule has 3 N–H and O–H groups in total. The summed E-state index contributed by atoms with van der Waals surface area (Å²) < 4.78 is 23.2. The molecule has 10 heteroatoms. The highest BCUT2D eigenvalue weighted by molar-refractivity contribution is 7.82. The summed E-state index contributed by atoms with van der Waals surface area (Å²) in [6.07, 6.45) is 0. The fourth-order valence-corrected chi connectivity index (χ4v) is 2.68. The van der Waals surface area contributed by atoms with Crippen LogP contribution in [-0.4, -0.2) is 53.3 Å². The Bertz CT molecular complexity index is 907. The van der Waals surface area contributed by atoms with E-state index in [1.54, 1.807) is 32.3 Å². The second kappa shape index (κ2) is 9.70. The zero-order valence-corrected chi connectivity index (χ0v) is 16.7.